The third-order valence-electron chi connectivity index (χ3n) is 2.89. The quantitative estimate of drug-likeness (QED) is 0.813. The Hall–Kier alpha value is -0.140. The van der Waals surface area contributed by atoms with Crippen LogP contribution < -0.4 is 4.72 Å². The van der Waals surface area contributed by atoms with Gasteiger partial charge < -0.3 is 5.11 Å². The van der Waals surface area contributed by atoms with Gasteiger partial charge in [0.15, 0.2) is 0 Å². The van der Waals surface area contributed by atoms with E-state index >= 15 is 0 Å². The van der Waals surface area contributed by atoms with Crippen molar-refractivity contribution in [3.63, 3.8) is 0 Å². The number of halogens is 1. The predicted octanol–water partition coefficient (Wildman–Crippen LogP) is 2.48. The van der Waals surface area contributed by atoms with Crippen molar-refractivity contribution in [2.75, 3.05) is 6.54 Å². The molecule has 1 rings (SSSR count). The third kappa shape index (κ3) is 4.20. The molecule has 1 aromatic rings. The summed E-state index contributed by atoms with van der Waals surface area (Å²) in [6.07, 6.45) is 0.985. The van der Waals surface area contributed by atoms with Crippen LogP contribution in [0.15, 0.2) is 16.3 Å². The van der Waals surface area contributed by atoms with Gasteiger partial charge in [-0.1, -0.05) is 38.3 Å². The van der Waals surface area contributed by atoms with Gasteiger partial charge >= 0.3 is 0 Å². The number of thiophene rings is 1. The number of aliphatic hydroxyl groups excluding tert-OH is 1. The molecule has 1 heterocycles. The lowest BCUT2D eigenvalue weighted by Gasteiger charge is -2.20. The Kier molecular flexibility index (Phi) is 6.07. The summed E-state index contributed by atoms with van der Waals surface area (Å²) in [4.78, 5) is 0. The Bertz CT molecular complexity index is 468. The lowest BCUT2D eigenvalue weighted by atomic mass is 9.97. The van der Waals surface area contributed by atoms with Crippen molar-refractivity contribution in [2.45, 2.75) is 37.0 Å². The van der Waals surface area contributed by atoms with Crippen LogP contribution in [0.3, 0.4) is 0 Å². The lowest BCUT2D eigenvalue weighted by Crippen LogP contribution is -2.35. The first-order valence-corrected chi connectivity index (χ1v) is 8.51. The second-order valence-corrected chi connectivity index (χ2v) is 7.76. The molecule has 0 radical (unpaired) electrons. The first-order chi connectivity index (χ1) is 8.40. The SMILES string of the molecule is CCC(CC)C(O)CNS(=O)(=O)c1ccc(Cl)s1. The van der Waals surface area contributed by atoms with E-state index in [1.807, 2.05) is 13.8 Å². The third-order valence-corrected chi connectivity index (χ3v) is 6.04. The minimum Gasteiger partial charge on any atom is -0.391 e. The van der Waals surface area contributed by atoms with Crippen molar-refractivity contribution >= 4 is 33.0 Å². The molecule has 1 aromatic heterocycles. The summed E-state index contributed by atoms with van der Waals surface area (Å²) in [6.45, 7) is 3.99. The van der Waals surface area contributed by atoms with Gasteiger partial charge in [0.2, 0.25) is 10.0 Å². The zero-order valence-corrected chi connectivity index (χ0v) is 12.8. The molecule has 0 aliphatic heterocycles. The summed E-state index contributed by atoms with van der Waals surface area (Å²) in [5.41, 5.74) is 0. The molecule has 0 aliphatic rings. The van der Waals surface area contributed by atoms with Gasteiger partial charge in [0, 0.05) is 6.54 Å². The van der Waals surface area contributed by atoms with Crippen molar-refractivity contribution in [1.29, 1.82) is 0 Å². The van der Waals surface area contributed by atoms with E-state index in [0.717, 1.165) is 24.2 Å². The summed E-state index contributed by atoms with van der Waals surface area (Å²) in [7, 11) is -3.56. The Morgan fingerprint density at radius 2 is 2.00 bits per heavy atom. The fourth-order valence-corrected chi connectivity index (χ4v) is 4.29. The lowest BCUT2D eigenvalue weighted by molar-refractivity contribution is 0.107. The van der Waals surface area contributed by atoms with Gasteiger partial charge in [-0.2, -0.15) is 0 Å². The second kappa shape index (κ2) is 6.86. The van der Waals surface area contributed by atoms with E-state index in [2.05, 4.69) is 4.72 Å². The van der Waals surface area contributed by atoms with E-state index in [-0.39, 0.29) is 16.7 Å². The molecule has 1 atom stereocenters. The number of sulfonamides is 1. The molecule has 7 heteroatoms. The molecule has 2 N–H and O–H groups in total. The predicted molar refractivity (Wildman–Crippen MR) is 74.6 cm³/mol. The highest BCUT2D eigenvalue weighted by Crippen LogP contribution is 2.25. The van der Waals surface area contributed by atoms with E-state index in [1.54, 1.807) is 0 Å². The maximum absolute atomic E-state index is 11.9. The molecule has 0 fully saturated rings. The van der Waals surface area contributed by atoms with Crippen LogP contribution in [0, 0.1) is 5.92 Å². The Labute approximate surface area is 117 Å². The average Bonchev–Trinajstić information content (AvgIpc) is 2.76. The van der Waals surface area contributed by atoms with Crippen molar-refractivity contribution in [3.05, 3.63) is 16.5 Å². The second-order valence-electron chi connectivity index (χ2n) is 4.05. The molecule has 0 bridgehead atoms. The number of rotatable bonds is 7. The minimum atomic E-state index is -3.56. The molecule has 0 amide bonds. The number of hydrogen-bond donors (Lipinski definition) is 2. The summed E-state index contributed by atoms with van der Waals surface area (Å²) >= 11 is 6.70. The van der Waals surface area contributed by atoms with Crippen molar-refractivity contribution in [3.8, 4) is 0 Å². The zero-order valence-electron chi connectivity index (χ0n) is 10.4. The van der Waals surface area contributed by atoms with Gasteiger partial charge in [-0.25, -0.2) is 13.1 Å². The fraction of sp³-hybridized carbons (Fsp3) is 0.636. The molecule has 0 aliphatic carbocycles. The first kappa shape index (κ1) is 15.9. The largest absolute Gasteiger partial charge is 0.391 e. The zero-order chi connectivity index (χ0) is 13.8. The normalized spacial score (nSPS) is 14.1. The first-order valence-electron chi connectivity index (χ1n) is 5.83. The topological polar surface area (TPSA) is 66.4 Å². The highest BCUT2D eigenvalue weighted by Gasteiger charge is 2.21. The molecule has 104 valence electrons. The Morgan fingerprint density at radius 3 is 2.44 bits per heavy atom. The van der Waals surface area contributed by atoms with Gasteiger partial charge in [0.05, 0.1) is 10.4 Å². The maximum atomic E-state index is 11.9. The highest BCUT2D eigenvalue weighted by atomic mass is 35.5. The fourth-order valence-electron chi connectivity index (χ4n) is 1.71. The van der Waals surface area contributed by atoms with Crippen LogP contribution >= 0.6 is 22.9 Å². The summed E-state index contributed by atoms with van der Waals surface area (Å²) in [5, 5.41) is 9.87. The van der Waals surface area contributed by atoms with Crippen LogP contribution in [0.5, 0.6) is 0 Å². The molecule has 1 unspecified atom stereocenters. The van der Waals surface area contributed by atoms with E-state index in [4.69, 9.17) is 11.6 Å². The summed E-state index contributed by atoms with van der Waals surface area (Å²) in [5.74, 6) is 0.111. The molecule has 0 spiro atoms. The standard InChI is InChI=1S/C11H18ClNO3S2/c1-3-8(4-2)9(14)7-13-18(15,16)11-6-5-10(12)17-11/h5-6,8-9,13-14H,3-4,7H2,1-2H3. The molecule has 18 heavy (non-hydrogen) atoms. The van der Waals surface area contributed by atoms with Crippen LogP contribution in [-0.2, 0) is 10.0 Å². The van der Waals surface area contributed by atoms with Crippen LogP contribution in [0.25, 0.3) is 0 Å². The Balaban J connectivity index is 2.62. The van der Waals surface area contributed by atoms with Gasteiger partial charge in [-0.3, -0.25) is 0 Å². The van der Waals surface area contributed by atoms with Gasteiger partial charge in [0.1, 0.15) is 4.21 Å². The van der Waals surface area contributed by atoms with Crippen LogP contribution in [0.4, 0.5) is 0 Å². The van der Waals surface area contributed by atoms with E-state index in [1.165, 1.54) is 12.1 Å². The number of nitrogens with one attached hydrogen (secondary N) is 1. The van der Waals surface area contributed by atoms with Gasteiger partial charge in [-0.05, 0) is 18.1 Å². The van der Waals surface area contributed by atoms with Crippen molar-refractivity contribution in [2.24, 2.45) is 5.92 Å². The van der Waals surface area contributed by atoms with E-state index in [0.29, 0.717) is 4.34 Å². The Morgan fingerprint density at radius 1 is 1.39 bits per heavy atom. The van der Waals surface area contributed by atoms with E-state index < -0.39 is 16.1 Å². The summed E-state index contributed by atoms with van der Waals surface area (Å²) < 4.78 is 26.8. The van der Waals surface area contributed by atoms with Crippen LogP contribution in [0.2, 0.25) is 4.34 Å². The van der Waals surface area contributed by atoms with Crippen LogP contribution in [-0.4, -0.2) is 26.2 Å². The monoisotopic (exact) mass is 311 g/mol. The molecule has 4 nitrogen and oxygen atoms in total. The van der Waals surface area contributed by atoms with Crippen LogP contribution in [0.1, 0.15) is 26.7 Å². The number of aliphatic hydroxyl groups is 1. The molecular weight excluding hydrogens is 294 g/mol. The van der Waals surface area contributed by atoms with Gasteiger partial charge in [-0.15, -0.1) is 11.3 Å². The highest BCUT2D eigenvalue weighted by molar-refractivity contribution is 7.91. The maximum Gasteiger partial charge on any atom is 0.250 e. The summed E-state index contributed by atoms with van der Waals surface area (Å²) in [6, 6.07) is 3.00. The minimum absolute atomic E-state index is 0.0319. The molecular formula is C11H18ClNO3S2. The molecule has 0 aromatic carbocycles. The average molecular weight is 312 g/mol. The van der Waals surface area contributed by atoms with Crippen molar-refractivity contribution in [1.82, 2.24) is 4.72 Å². The molecule has 0 saturated carbocycles. The van der Waals surface area contributed by atoms with Crippen molar-refractivity contribution < 1.29 is 13.5 Å². The number of hydrogen-bond acceptors (Lipinski definition) is 4. The van der Waals surface area contributed by atoms with E-state index in [9.17, 15) is 13.5 Å². The molecule has 0 saturated heterocycles. The smallest absolute Gasteiger partial charge is 0.250 e. The van der Waals surface area contributed by atoms with Gasteiger partial charge in [0.25, 0.3) is 0 Å².